The Morgan fingerprint density at radius 3 is 2.68 bits per heavy atom. The third-order valence-corrected chi connectivity index (χ3v) is 2.52. The molecule has 19 heavy (non-hydrogen) atoms. The Labute approximate surface area is 109 Å². The third-order valence-electron chi connectivity index (χ3n) is 2.52. The standard InChI is InChI=1S/C14H11NO4/c16-9-11-3-2-6-14(8-11)19-10-12-4-1-5-13(7-12)15(17)18/h1-9H,10H2. The van der Waals surface area contributed by atoms with Crippen molar-refractivity contribution in [2.45, 2.75) is 6.61 Å². The first-order chi connectivity index (χ1) is 9.19. The van der Waals surface area contributed by atoms with Crippen LogP contribution in [0.2, 0.25) is 0 Å². The Balaban J connectivity index is 2.07. The number of carbonyl (C=O) groups excluding carboxylic acids is 1. The number of nitro groups is 1. The molecule has 0 fully saturated rings. The molecule has 2 aromatic carbocycles. The Kier molecular flexibility index (Phi) is 3.87. The first kappa shape index (κ1) is 12.8. The molecular weight excluding hydrogens is 246 g/mol. The van der Waals surface area contributed by atoms with E-state index in [1.807, 2.05) is 0 Å². The van der Waals surface area contributed by atoms with Gasteiger partial charge in [0.05, 0.1) is 4.92 Å². The Bertz CT molecular complexity index is 610. The van der Waals surface area contributed by atoms with Gasteiger partial charge in [0.1, 0.15) is 18.6 Å². The van der Waals surface area contributed by atoms with Crippen LogP contribution in [0.4, 0.5) is 5.69 Å². The quantitative estimate of drug-likeness (QED) is 0.469. The lowest BCUT2D eigenvalue weighted by Gasteiger charge is -2.06. The lowest BCUT2D eigenvalue weighted by atomic mass is 10.2. The lowest BCUT2D eigenvalue weighted by molar-refractivity contribution is -0.384. The molecule has 0 unspecified atom stereocenters. The average Bonchev–Trinajstić information content (AvgIpc) is 2.45. The summed E-state index contributed by atoms with van der Waals surface area (Å²) in [5.41, 5.74) is 1.25. The summed E-state index contributed by atoms with van der Waals surface area (Å²) in [6, 6.07) is 13.0. The lowest BCUT2D eigenvalue weighted by Crippen LogP contribution is -1.97. The second-order valence-electron chi connectivity index (χ2n) is 3.91. The molecular formula is C14H11NO4. The van der Waals surface area contributed by atoms with Gasteiger partial charge in [0.15, 0.2) is 0 Å². The van der Waals surface area contributed by atoms with E-state index in [1.165, 1.54) is 12.1 Å². The highest BCUT2D eigenvalue weighted by Crippen LogP contribution is 2.17. The van der Waals surface area contributed by atoms with Gasteiger partial charge in [-0.15, -0.1) is 0 Å². The number of aldehydes is 1. The molecule has 0 heterocycles. The number of nitrogens with zero attached hydrogens (tertiary/aromatic N) is 1. The molecule has 2 rings (SSSR count). The van der Waals surface area contributed by atoms with Gasteiger partial charge in [-0.25, -0.2) is 0 Å². The van der Waals surface area contributed by atoms with Crippen molar-refractivity contribution >= 4 is 12.0 Å². The van der Waals surface area contributed by atoms with Crippen LogP contribution in [-0.2, 0) is 6.61 Å². The minimum absolute atomic E-state index is 0.0303. The van der Waals surface area contributed by atoms with Gasteiger partial charge < -0.3 is 4.74 Å². The minimum atomic E-state index is -0.448. The maximum absolute atomic E-state index is 10.6. The first-order valence-electron chi connectivity index (χ1n) is 5.60. The van der Waals surface area contributed by atoms with E-state index in [0.29, 0.717) is 16.9 Å². The monoisotopic (exact) mass is 257 g/mol. The van der Waals surface area contributed by atoms with Crippen LogP contribution in [0.15, 0.2) is 48.5 Å². The molecule has 0 amide bonds. The third kappa shape index (κ3) is 3.38. The zero-order valence-corrected chi connectivity index (χ0v) is 9.98. The number of hydrogen-bond acceptors (Lipinski definition) is 4. The van der Waals surface area contributed by atoms with E-state index in [2.05, 4.69) is 0 Å². The minimum Gasteiger partial charge on any atom is -0.489 e. The summed E-state index contributed by atoms with van der Waals surface area (Å²) in [7, 11) is 0. The highest BCUT2D eigenvalue weighted by molar-refractivity contribution is 5.75. The van der Waals surface area contributed by atoms with Crippen molar-refractivity contribution in [3.8, 4) is 5.75 Å². The molecule has 0 saturated carbocycles. The fourth-order valence-electron chi connectivity index (χ4n) is 1.60. The second kappa shape index (κ2) is 5.77. The Morgan fingerprint density at radius 2 is 1.95 bits per heavy atom. The molecule has 0 aliphatic heterocycles. The van der Waals surface area contributed by atoms with Crippen LogP contribution in [0, 0.1) is 10.1 Å². The molecule has 0 spiro atoms. The smallest absolute Gasteiger partial charge is 0.269 e. The van der Waals surface area contributed by atoms with Crippen molar-refractivity contribution < 1.29 is 14.5 Å². The predicted molar refractivity (Wildman–Crippen MR) is 69.3 cm³/mol. The van der Waals surface area contributed by atoms with Crippen molar-refractivity contribution in [3.63, 3.8) is 0 Å². The molecule has 96 valence electrons. The van der Waals surface area contributed by atoms with Crippen molar-refractivity contribution in [1.82, 2.24) is 0 Å². The molecule has 5 nitrogen and oxygen atoms in total. The summed E-state index contributed by atoms with van der Waals surface area (Å²) in [6.45, 7) is 0.212. The van der Waals surface area contributed by atoms with Gasteiger partial charge >= 0.3 is 0 Å². The highest BCUT2D eigenvalue weighted by Gasteiger charge is 2.06. The van der Waals surface area contributed by atoms with E-state index in [1.54, 1.807) is 36.4 Å². The summed E-state index contributed by atoms with van der Waals surface area (Å²) in [6.07, 6.45) is 0.736. The summed E-state index contributed by atoms with van der Waals surface area (Å²) in [5, 5.41) is 10.6. The summed E-state index contributed by atoms with van der Waals surface area (Å²) in [5.74, 6) is 0.552. The predicted octanol–water partition coefficient (Wildman–Crippen LogP) is 2.99. The fourth-order valence-corrected chi connectivity index (χ4v) is 1.60. The van der Waals surface area contributed by atoms with E-state index in [0.717, 1.165) is 6.29 Å². The Morgan fingerprint density at radius 1 is 1.16 bits per heavy atom. The molecule has 0 bridgehead atoms. The van der Waals surface area contributed by atoms with Crippen molar-refractivity contribution in [3.05, 3.63) is 69.8 Å². The molecule has 5 heteroatoms. The molecule has 0 N–H and O–H groups in total. The van der Waals surface area contributed by atoms with E-state index >= 15 is 0 Å². The topological polar surface area (TPSA) is 69.4 Å². The number of rotatable bonds is 5. The van der Waals surface area contributed by atoms with Crippen LogP contribution >= 0.6 is 0 Å². The van der Waals surface area contributed by atoms with Gasteiger partial charge in [-0.2, -0.15) is 0 Å². The van der Waals surface area contributed by atoms with E-state index < -0.39 is 4.92 Å². The zero-order chi connectivity index (χ0) is 13.7. The summed E-state index contributed by atoms with van der Waals surface area (Å²) in [4.78, 5) is 20.8. The number of non-ortho nitro benzene ring substituents is 1. The molecule has 0 atom stereocenters. The van der Waals surface area contributed by atoms with Crippen molar-refractivity contribution in [2.24, 2.45) is 0 Å². The van der Waals surface area contributed by atoms with Crippen LogP contribution < -0.4 is 4.74 Å². The largest absolute Gasteiger partial charge is 0.489 e. The van der Waals surface area contributed by atoms with Crippen LogP contribution in [0.5, 0.6) is 5.75 Å². The van der Waals surface area contributed by atoms with E-state index in [4.69, 9.17) is 4.74 Å². The van der Waals surface area contributed by atoms with Crippen LogP contribution in [-0.4, -0.2) is 11.2 Å². The molecule has 0 aliphatic rings. The van der Waals surface area contributed by atoms with Crippen LogP contribution in [0.3, 0.4) is 0 Å². The SMILES string of the molecule is O=Cc1cccc(OCc2cccc([N+](=O)[O-])c2)c1. The molecule has 0 radical (unpaired) electrons. The van der Waals surface area contributed by atoms with Gasteiger partial charge in [0.25, 0.3) is 5.69 Å². The van der Waals surface area contributed by atoms with Gasteiger partial charge in [0.2, 0.25) is 0 Å². The maximum Gasteiger partial charge on any atom is 0.269 e. The van der Waals surface area contributed by atoms with Crippen molar-refractivity contribution in [2.75, 3.05) is 0 Å². The Hall–Kier alpha value is -2.69. The van der Waals surface area contributed by atoms with Crippen LogP contribution in [0.25, 0.3) is 0 Å². The summed E-state index contributed by atoms with van der Waals surface area (Å²) >= 11 is 0. The number of hydrogen-bond donors (Lipinski definition) is 0. The number of ether oxygens (including phenoxy) is 1. The van der Waals surface area contributed by atoms with Gasteiger partial charge in [-0.3, -0.25) is 14.9 Å². The average molecular weight is 257 g/mol. The maximum atomic E-state index is 10.6. The fraction of sp³-hybridized carbons (Fsp3) is 0.0714. The van der Waals surface area contributed by atoms with E-state index in [9.17, 15) is 14.9 Å². The normalized spacial score (nSPS) is 9.89. The van der Waals surface area contributed by atoms with Gasteiger partial charge in [0, 0.05) is 17.7 Å². The number of nitro benzene ring substituents is 1. The van der Waals surface area contributed by atoms with Crippen LogP contribution in [0.1, 0.15) is 15.9 Å². The van der Waals surface area contributed by atoms with Crippen molar-refractivity contribution in [1.29, 1.82) is 0 Å². The molecule has 0 aliphatic carbocycles. The number of carbonyl (C=O) groups is 1. The van der Waals surface area contributed by atoms with E-state index in [-0.39, 0.29) is 12.3 Å². The van der Waals surface area contributed by atoms with Gasteiger partial charge in [-0.05, 0) is 17.7 Å². The first-order valence-corrected chi connectivity index (χ1v) is 5.60. The summed E-state index contributed by atoms with van der Waals surface area (Å²) < 4.78 is 5.49. The molecule has 2 aromatic rings. The highest BCUT2D eigenvalue weighted by atomic mass is 16.6. The molecule has 0 aromatic heterocycles. The molecule has 0 saturated heterocycles. The van der Waals surface area contributed by atoms with Gasteiger partial charge in [-0.1, -0.05) is 24.3 Å². The zero-order valence-electron chi connectivity index (χ0n) is 9.98. The second-order valence-corrected chi connectivity index (χ2v) is 3.91. The number of benzene rings is 2.